The molecule has 1 atom stereocenters. The predicted molar refractivity (Wildman–Crippen MR) is 133 cm³/mol. The van der Waals surface area contributed by atoms with Gasteiger partial charge in [0, 0.05) is 40.7 Å². The van der Waals surface area contributed by atoms with Gasteiger partial charge in [-0.05, 0) is 79.2 Å². The normalized spacial score (nSPS) is 14.9. The van der Waals surface area contributed by atoms with Crippen molar-refractivity contribution in [3.63, 3.8) is 0 Å². The van der Waals surface area contributed by atoms with E-state index < -0.39 is 23.5 Å². The molecule has 1 aliphatic heterocycles. The van der Waals surface area contributed by atoms with Crippen LogP contribution in [-0.4, -0.2) is 35.2 Å². The number of aromatic hydroxyl groups is 1. The fourth-order valence-corrected chi connectivity index (χ4v) is 4.15. The van der Waals surface area contributed by atoms with Crippen molar-refractivity contribution in [3.05, 3.63) is 96.1 Å². The van der Waals surface area contributed by atoms with Crippen LogP contribution in [-0.2, 0) is 0 Å². The molecule has 0 spiro atoms. The van der Waals surface area contributed by atoms with E-state index in [1.54, 1.807) is 24.3 Å². The van der Waals surface area contributed by atoms with Crippen LogP contribution in [0.25, 0.3) is 22.3 Å². The largest absolute Gasteiger partial charge is 0.507 e. The molecule has 2 heterocycles. The smallest absolute Gasteiger partial charge is 0.255 e. The van der Waals surface area contributed by atoms with E-state index in [1.807, 2.05) is 0 Å². The molecule has 5 rings (SSSR count). The Bertz CT molecular complexity index is 1460. The summed E-state index contributed by atoms with van der Waals surface area (Å²) in [4.78, 5) is 16.8. The first-order valence-corrected chi connectivity index (χ1v) is 11.6. The standard InChI is InChI=1S/C28H22F3N3O3/c29-23-5-1-16(12-24(23)30)21-11-17(2-6-25(21)35)28(36)34-19-4-7-26(37-20-9-10-32-15-20)22(13-19)18-3-8-27(31)33-14-18/h1-8,11-14,20,32,35H,9-10,15H2,(H,34,36). The summed E-state index contributed by atoms with van der Waals surface area (Å²) in [7, 11) is 0. The lowest BCUT2D eigenvalue weighted by molar-refractivity contribution is 0.102. The molecule has 1 fully saturated rings. The van der Waals surface area contributed by atoms with Crippen LogP contribution in [0.5, 0.6) is 11.5 Å². The monoisotopic (exact) mass is 505 g/mol. The number of carbonyl (C=O) groups is 1. The molecule has 1 aliphatic rings. The van der Waals surface area contributed by atoms with Gasteiger partial charge in [-0.25, -0.2) is 13.8 Å². The van der Waals surface area contributed by atoms with E-state index in [4.69, 9.17) is 4.74 Å². The number of anilines is 1. The number of halogens is 3. The second-order valence-corrected chi connectivity index (χ2v) is 8.63. The van der Waals surface area contributed by atoms with E-state index in [1.165, 1.54) is 36.5 Å². The van der Waals surface area contributed by atoms with Crippen LogP contribution in [0.1, 0.15) is 16.8 Å². The number of nitrogens with one attached hydrogen (secondary N) is 2. The highest BCUT2D eigenvalue weighted by molar-refractivity contribution is 6.05. The van der Waals surface area contributed by atoms with Crippen LogP contribution in [0.3, 0.4) is 0 Å². The predicted octanol–water partition coefficient (Wildman–Crippen LogP) is 5.53. The lowest BCUT2D eigenvalue weighted by Crippen LogP contribution is -2.20. The maximum atomic E-state index is 13.7. The van der Waals surface area contributed by atoms with E-state index >= 15 is 0 Å². The molecule has 1 amide bonds. The van der Waals surface area contributed by atoms with E-state index in [0.29, 0.717) is 29.1 Å². The maximum Gasteiger partial charge on any atom is 0.255 e. The minimum absolute atomic E-state index is 0.0145. The van der Waals surface area contributed by atoms with Crippen LogP contribution in [0.2, 0.25) is 0 Å². The number of phenols is 1. The number of hydrogen-bond acceptors (Lipinski definition) is 5. The highest BCUT2D eigenvalue weighted by Crippen LogP contribution is 2.35. The van der Waals surface area contributed by atoms with Crippen molar-refractivity contribution < 1.29 is 27.8 Å². The minimum Gasteiger partial charge on any atom is -0.507 e. The van der Waals surface area contributed by atoms with Crippen LogP contribution in [0.4, 0.5) is 18.9 Å². The Balaban J connectivity index is 1.43. The van der Waals surface area contributed by atoms with Crippen molar-refractivity contribution in [2.24, 2.45) is 0 Å². The maximum absolute atomic E-state index is 13.7. The molecule has 3 N–H and O–H groups in total. The molecular weight excluding hydrogens is 483 g/mol. The third-order valence-corrected chi connectivity index (χ3v) is 6.07. The molecular formula is C28H22F3N3O3. The van der Waals surface area contributed by atoms with E-state index in [0.717, 1.165) is 25.1 Å². The third-order valence-electron chi connectivity index (χ3n) is 6.07. The summed E-state index contributed by atoms with van der Waals surface area (Å²) >= 11 is 0. The van der Waals surface area contributed by atoms with Crippen LogP contribution < -0.4 is 15.4 Å². The van der Waals surface area contributed by atoms with Gasteiger partial charge in [0.05, 0.1) is 0 Å². The summed E-state index contributed by atoms with van der Waals surface area (Å²) in [6.07, 6.45) is 2.23. The number of rotatable bonds is 6. The SMILES string of the molecule is O=C(Nc1ccc(OC2CCNC2)c(-c2ccc(F)nc2)c1)c1ccc(O)c(-c2ccc(F)c(F)c2)c1. The second-order valence-electron chi connectivity index (χ2n) is 8.63. The second kappa shape index (κ2) is 10.3. The molecule has 0 radical (unpaired) electrons. The van der Waals surface area contributed by atoms with Gasteiger partial charge in [0.25, 0.3) is 5.91 Å². The number of ether oxygens (including phenoxy) is 1. The van der Waals surface area contributed by atoms with E-state index in [9.17, 15) is 23.1 Å². The third kappa shape index (κ3) is 5.41. The zero-order valence-corrected chi connectivity index (χ0v) is 19.5. The van der Waals surface area contributed by atoms with Gasteiger partial charge in [0.2, 0.25) is 5.95 Å². The Kier molecular flexibility index (Phi) is 6.78. The van der Waals surface area contributed by atoms with Crippen molar-refractivity contribution in [2.75, 3.05) is 18.4 Å². The molecule has 9 heteroatoms. The van der Waals surface area contributed by atoms with E-state index in [2.05, 4.69) is 15.6 Å². The Hall–Kier alpha value is -4.37. The summed E-state index contributed by atoms with van der Waals surface area (Å²) in [6.45, 7) is 1.56. The van der Waals surface area contributed by atoms with Gasteiger partial charge in [0.15, 0.2) is 11.6 Å². The molecule has 0 saturated carbocycles. The fourth-order valence-electron chi connectivity index (χ4n) is 4.15. The Morgan fingerprint density at radius 2 is 1.78 bits per heavy atom. The number of carbonyl (C=O) groups excluding carboxylic acids is 1. The number of hydrogen-bond donors (Lipinski definition) is 3. The molecule has 37 heavy (non-hydrogen) atoms. The zero-order chi connectivity index (χ0) is 25.9. The molecule has 0 bridgehead atoms. The van der Waals surface area contributed by atoms with Crippen LogP contribution in [0.15, 0.2) is 72.9 Å². The van der Waals surface area contributed by atoms with Gasteiger partial charge in [-0.15, -0.1) is 0 Å². The summed E-state index contributed by atoms with van der Waals surface area (Å²) in [6, 6.07) is 15.3. The summed E-state index contributed by atoms with van der Waals surface area (Å²) < 4.78 is 46.7. The number of pyridine rings is 1. The first-order chi connectivity index (χ1) is 17.9. The molecule has 0 aliphatic carbocycles. The fraction of sp³-hybridized carbons (Fsp3) is 0.143. The van der Waals surface area contributed by atoms with Crippen LogP contribution >= 0.6 is 0 Å². The first-order valence-electron chi connectivity index (χ1n) is 11.6. The minimum atomic E-state index is -1.06. The highest BCUT2D eigenvalue weighted by Gasteiger charge is 2.19. The number of aromatic nitrogens is 1. The Labute approximate surface area is 210 Å². The molecule has 188 valence electrons. The van der Waals surface area contributed by atoms with Gasteiger partial charge < -0.3 is 20.5 Å². The lowest BCUT2D eigenvalue weighted by atomic mass is 10.0. The number of phenolic OH excluding ortho intramolecular Hbond substituents is 1. The van der Waals surface area contributed by atoms with Gasteiger partial charge in [-0.2, -0.15) is 4.39 Å². The Morgan fingerprint density at radius 1 is 0.946 bits per heavy atom. The molecule has 1 saturated heterocycles. The van der Waals surface area contributed by atoms with Gasteiger partial charge in [0.1, 0.15) is 17.6 Å². The quantitative estimate of drug-likeness (QED) is 0.300. The van der Waals surface area contributed by atoms with Crippen molar-refractivity contribution in [3.8, 4) is 33.8 Å². The average molecular weight is 505 g/mol. The van der Waals surface area contributed by atoms with Gasteiger partial charge in [-0.3, -0.25) is 4.79 Å². The number of amides is 1. The van der Waals surface area contributed by atoms with Crippen molar-refractivity contribution in [2.45, 2.75) is 12.5 Å². The number of benzene rings is 3. The summed E-state index contributed by atoms with van der Waals surface area (Å²) in [5.41, 5.74) is 2.29. The van der Waals surface area contributed by atoms with Gasteiger partial charge in [-0.1, -0.05) is 6.07 Å². The number of nitrogens with zero attached hydrogens (tertiary/aromatic N) is 1. The zero-order valence-electron chi connectivity index (χ0n) is 19.5. The molecule has 1 aromatic heterocycles. The average Bonchev–Trinajstić information content (AvgIpc) is 3.40. The van der Waals surface area contributed by atoms with Gasteiger partial charge >= 0.3 is 0 Å². The molecule has 6 nitrogen and oxygen atoms in total. The highest BCUT2D eigenvalue weighted by atomic mass is 19.2. The van der Waals surface area contributed by atoms with Crippen molar-refractivity contribution in [1.29, 1.82) is 0 Å². The van der Waals surface area contributed by atoms with Crippen molar-refractivity contribution >= 4 is 11.6 Å². The molecule has 4 aromatic rings. The lowest BCUT2D eigenvalue weighted by Gasteiger charge is -2.18. The topological polar surface area (TPSA) is 83.5 Å². The first kappa shape index (κ1) is 24.3. The van der Waals surface area contributed by atoms with Crippen molar-refractivity contribution in [1.82, 2.24) is 10.3 Å². The van der Waals surface area contributed by atoms with E-state index in [-0.39, 0.29) is 28.5 Å². The molecule has 1 unspecified atom stereocenters. The summed E-state index contributed by atoms with van der Waals surface area (Å²) in [5.74, 6) is -2.78. The summed E-state index contributed by atoms with van der Waals surface area (Å²) in [5, 5.41) is 16.3. The molecule has 3 aromatic carbocycles. The Morgan fingerprint density at radius 3 is 2.51 bits per heavy atom. The van der Waals surface area contributed by atoms with Crippen LogP contribution in [0, 0.1) is 17.6 Å².